The minimum atomic E-state index is -0.667. The third-order valence-corrected chi connectivity index (χ3v) is 13.3. The van der Waals surface area contributed by atoms with E-state index in [0.717, 1.165) is 121 Å². The maximum Gasteiger partial charge on any atom is 0.228 e. The molecule has 1 amide bonds. The van der Waals surface area contributed by atoms with Gasteiger partial charge in [0.15, 0.2) is 0 Å². The second-order valence-electron chi connectivity index (χ2n) is 23.4. The fraction of sp³-hybridized carbons (Fsp3) is 0.843. The van der Waals surface area contributed by atoms with Crippen molar-refractivity contribution in [1.82, 2.24) is 9.88 Å². The van der Waals surface area contributed by atoms with Crippen molar-refractivity contribution < 1.29 is 33.2 Å². The Hall–Kier alpha value is -2.26. The Morgan fingerprint density at radius 3 is 2.02 bits per heavy atom. The van der Waals surface area contributed by atoms with Crippen molar-refractivity contribution in [2.45, 2.75) is 225 Å². The van der Waals surface area contributed by atoms with E-state index < -0.39 is 5.60 Å². The standard InChI is InChI=1S/C51H83N3O7/c1-45(2,3)59-42-29-39(30-42)53(13)44(55)51-33-50(34-51,35-51)36-56-26-14-15-27-57-48(10,11)21-22-49(12,61-47(7,8)9)20-16-37-28-38(17-23-52-37)54-24-18-40(19-25-54)58-41-31-43(32-41)60-46(4,5)6/h17,23,28,39-43H,14-15,18-19,21-22,24-27,29-36H2,1-13H3. The van der Waals surface area contributed by atoms with E-state index in [0.29, 0.717) is 36.9 Å². The van der Waals surface area contributed by atoms with Gasteiger partial charge in [0.1, 0.15) is 11.3 Å². The number of hydrogen-bond acceptors (Lipinski definition) is 9. The van der Waals surface area contributed by atoms with Crippen molar-refractivity contribution in [3.05, 3.63) is 24.0 Å². The van der Waals surface area contributed by atoms with Crippen molar-refractivity contribution in [2.75, 3.05) is 44.9 Å². The number of anilines is 1. The monoisotopic (exact) mass is 850 g/mol. The molecular weight excluding hydrogens is 767 g/mol. The third-order valence-electron chi connectivity index (χ3n) is 13.3. The van der Waals surface area contributed by atoms with Crippen LogP contribution < -0.4 is 4.90 Å². The van der Waals surface area contributed by atoms with Crippen molar-refractivity contribution >= 4 is 11.6 Å². The highest BCUT2D eigenvalue weighted by molar-refractivity contribution is 5.86. The molecule has 6 fully saturated rings. The van der Waals surface area contributed by atoms with Gasteiger partial charge in [-0.05, 0) is 190 Å². The summed E-state index contributed by atoms with van der Waals surface area (Å²) >= 11 is 0. The smallest absolute Gasteiger partial charge is 0.228 e. The molecule has 1 saturated heterocycles. The van der Waals surface area contributed by atoms with Crippen LogP contribution in [0.15, 0.2) is 18.3 Å². The van der Waals surface area contributed by atoms with Gasteiger partial charge in [0, 0.05) is 51.3 Å². The molecule has 10 nitrogen and oxygen atoms in total. The Kier molecular flexibility index (Phi) is 14.8. The molecule has 1 aromatic rings. The number of unbranched alkanes of at least 4 members (excludes halogenated alkanes) is 1. The van der Waals surface area contributed by atoms with E-state index in [-0.39, 0.29) is 39.3 Å². The summed E-state index contributed by atoms with van der Waals surface area (Å²) in [6.07, 6.45) is 15.4. The second-order valence-corrected chi connectivity index (χ2v) is 23.4. The number of carbonyl (C=O) groups is 1. The fourth-order valence-corrected chi connectivity index (χ4v) is 10.4. The maximum absolute atomic E-state index is 13.4. The van der Waals surface area contributed by atoms with E-state index in [1.54, 1.807) is 0 Å². The summed E-state index contributed by atoms with van der Waals surface area (Å²) < 4.78 is 37.9. The minimum absolute atomic E-state index is 0.0927. The molecule has 1 unspecified atom stereocenters. The summed E-state index contributed by atoms with van der Waals surface area (Å²) in [6, 6.07) is 4.52. The van der Waals surface area contributed by atoms with Crippen molar-refractivity contribution in [3.8, 4) is 11.8 Å². The number of piperidine rings is 1. The van der Waals surface area contributed by atoms with Crippen molar-refractivity contribution in [2.24, 2.45) is 10.8 Å². The van der Waals surface area contributed by atoms with E-state index in [1.165, 1.54) is 0 Å². The fourth-order valence-electron chi connectivity index (χ4n) is 10.4. The van der Waals surface area contributed by atoms with Crippen LogP contribution >= 0.6 is 0 Å². The van der Waals surface area contributed by atoms with Crippen LogP contribution in [0.4, 0.5) is 5.69 Å². The number of amides is 1. The topological polar surface area (TPSA) is 91.8 Å². The Balaban J connectivity index is 0.868. The number of nitrogens with zero attached hydrogens (tertiary/aromatic N) is 3. The normalized spacial score (nSPS) is 29.0. The van der Waals surface area contributed by atoms with Crippen LogP contribution in [0.25, 0.3) is 0 Å². The minimum Gasteiger partial charge on any atom is -0.381 e. The van der Waals surface area contributed by atoms with Gasteiger partial charge in [-0.2, -0.15) is 0 Å². The lowest BCUT2D eigenvalue weighted by Crippen LogP contribution is -2.70. The molecule has 61 heavy (non-hydrogen) atoms. The molecule has 2 bridgehead atoms. The summed E-state index contributed by atoms with van der Waals surface area (Å²) in [5.74, 6) is 7.23. The predicted molar refractivity (Wildman–Crippen MR) is 243 cm³/mol. The van der Waals surface area contributed by atoms with Gasteiger partial charge in [0.2, 0.25) is 5.91 Å². The molecular formula is C51H83N3O7. The van der Waals surface area contributed by atoms with Gasteiger partial charge in [0.05, 0.1) is 58.8 Å². The van der Waals surface area contributed by atoms with E-state index in [4.69, 9.17) is 28.4 Å². The van der Waals surface area contributed by atoms with Crippen LogP contribution in [0.1, 0.15) is 172 Å². The molecule has 1 atom stereocenters. The first-order valence-electron chi connectivity index (χ1n) is 23.8. The number of ether oxygens (including phenoxy) is 6. The lowest BCUT2D eigenvalue weighted by Gasteiger charge is -2.70. The summed E-state index contributed by atoms with van der Waals surface area (Å²) in [4.78, 5) is 22.5. The molecule has 1 aliphatic heterocycles. The first kappa shape index (κ1) is 48.2. The van der Waals surface area contributed by atoms with Gasteiger partial charge in [0.25, 0.3) is 0 Å². The summed E-state index contributed by atoms with van der Waals surface area (Å²) in [7, 11) is 1.99. The largest absolute Gasteiger partial charge is 0.381 e. The van der Waals surface area contributed by atoms with E-state index in [9.17, 15) is 4.79 Å². The number of hydrogen-bond donors (Lipinski definition) is 0. The highest BCUT2D eigenvalue weighted by Gasteiger charge is 2.72. The average molecular weight is 850 g/mol. The quantitative estimate of drug-likeness (QED) is 0.0997. The molecule has 0 spiro atoms. The number of rotatable bonds is 19. The molecule has 2 heterocycles. The predicted octanol–water partition coefficient (Wildman–Crippen LogP) is 9.69. The summed E-state index contributed by atoms with van der Waals surface area (Å²) in [5, 5.41) is 0. The zero-order valence-electron chi connectivity index (χ0n) is 40.5. The molecule has 0 radical (unpaired) electrons. The molecule has 7 rings (SSSR count). The summed E-state index contributed by atoms with van der Waals surface area (Å²) in [5.41, 5.74) is 0.433. The molecule has 6 aliphatic rings. The van der Waals surface area contributed by atoms with Gasteiger partial charge in [-0.1, -0.05) is 5.92 Å². The third kappa shape index (κ3) is 13.6. The average Bonchev–Trinajstić information content (AvgIpc) is 3.08. The maximum atomic E-state index is 13.4. The van der Waals surface area contributed by atoms with E-state index >= 15 is 0 Å². The highest BCUT2D eigenvalue weighted by Crippen LogP contribution is 2.74. The highest BCUT2D eigenvalue weighted by atomic mass is 16.5. The Morgan fingerprint density at radius 1 is 0.803 bits per heavy atom. The first-order valence-corrected chi connectivity index (χ1v) is 23.8. The van der Waals surface area contributed by atoms with Gasteiger partial charge >= 0.3 is 0 Å². The molecule has 0 N–H and O–H groups in total. The molecule has 10 heteroatoms. The van der Waals surface area contributed by atoms with Crippen LogP contribution in [0.5, 0.6) is 0 Å². The lowest BCUT2D eigenvalue weighted by molar-refractivity contribution is -0.237. The Morgan fingerprint density at radius 2 is 1.41 bits per heavy atom. The number of aromatic nitrogens is 1. The van der Waals surface area contributed by atoms with Gasteiger partial charge in [-0.15, -0.1) is 0 Å². The molecule has 5 aliphatic carbocycles. The molecule has 5 saturated carbocycles. The van der Waals surface area contributed by atoms with E-state index in [1.807, 2.05) is 18.1 Å². The van der Waals surface area contributed by atoms with E-state index in [2.05, 4.69) is 117 Å². The van der Waals surface area contributed by atoms with Crippen molar-refractivity contribution in [3.63, 3.8) is 0 Å². The lowest BCUT2D eigenvalue weighted by atomic mass is 9.35. The molecule has 344 valence electrons. The van der Waals surface area contributed by atoms with Gasteiger partial charge in [-0.3, -0.25) is 4.79 Å². The number of carbonyl (C=O) groups excluding carboxylic acids is 1. The SMILES string of the molecule is CN(C(=O)C12CC(COCCCCOC(C)(C)CCC(C)(C#Cc3cc(N4CCC(OC5CC(OC(C)(C)C)C5)CC4)ccn3)OC(C)(C)C)(C1)C2)C1CC(OC(C)(C)C)C1. The zero-order chi connectivity index (χ0) is 44.5. The second kappa shape index (κ2) is 18.7. The van der Waals surface area contributed by atoms with Gasteiger partial charge < -0.3 is 38.2 Å². The molecule has 0 aromatic carbocycles. The zero-order valence-corrected chi connectivity index (χ0v) is 40.5. The van der Waals surface area contributed by atoms with Crippen LogP contribution in [-0.2, 0) is 33.2 Å². The van der Waals surface area contributed by atoms with Crippen molar-refractivity contribution in [1.29, 1.82) is 0 Å². The molecule has 1 aromatic heterocycles. The van der Waals surface area contributed by atoms with Crippen LogP contribution in [0.2, 0.25) is 0 Å². The van der Waals surface area contributed by atoms with Crippen LogP contribution in [0, 0.1) is 22.7 Å². The summed E-state index contributed by atoms with van der Waals surface area (Å²) in [6.45, 7) is 29.5. The van der Waals surface area contributed by atoms with Crippen LogP contribution in [-0.4, -0.2) is 114 Å². The first-order chi connectivity index (χ1) is 28.3. The number of pyridine rings is 1. The van der Waals surface area contributed by atoms with Gasteiger partial charge in [-0.25, -0.2) is 4.98 Å². The Bertz CT molecular complexity index is 1660. The Labute approximate surface area is 370 Å². The van der Waals surface area contributed by atoms with Crippen LogP contribution in [0.3, 0.4) is 0 Å².